The molecule has 2 unspecified atom stereocenters. The zero-order valence-corrected chi connectivity index (χ0v) is 14.8. The van der Waals surface area contributed by atoms with E-state index in [-0.39, 0.29) is 0 Å². The maximum atomic E-state index is 3.90. The van der Waals surface area contributed by atoms with E-state index < -0.39 is 0 Å². The molecule has 1 heterocycles. The average Bonchev–Trinajstić information content (AvgIpc) is 2.47. The molecule has 2 rings (SSSR count). The highest BCUT2D eigenvalue weighted by Crippen LogP contribution is 2.29. The van der Waals surface area contributed by atoms with Crippen LogP contribution in [0.4, 0.5) is 0 Å². The SMILES string of the molecule is CC(C)C1CNC(C2CCCCC2)CN1CCCN(C)C. The number of hydrogen-bond donors (Lipinski definition) is 1. The molecular formula is C18H37N3. The summed E-state index contributed by atoms with van der Waals surface area (Å²) in [4.78, 5) is 5.11. The molecule has 0 spiro atoms. The Morgan fingerprint density at radius 3 is 2.48 bits per heavy atom. The lowest BCUT2D eigenvalue weighted by Gasteiger charge is -2.45. The fourth-order valence-corrected chi connectivity index (χ4v) is 4.21. The predicted octanol–water partition coefficient (Wildman–Crippen LogP) is 2.82. The Morgan fingerprint density at radius 1 is 1.14 bits per heavy atom. The first kappa shape index (κ1) is 17.2. The lowest BCUT2D eigenvalue weighted by atomic mass is 9.82. The van der Waals surface area contributed by atoms with Gasteiger partial charge in [-0.2, -0.15) is 0 Å². The molecule has 1 aliphatic carbocycles. The van der Waals surface area contributed by atoms with Gasteiger partial charge in [-0.15, -0.1) is 0 Å². The van der Waals surface area contributed by atoms with Gasteiger partial charge in [0.2, 0.25) is 0 Å². The van der Waals surface area contributed by atoms with E-state index in [4.69, 9.17) is 0 Å². The molecule has 2 fully saturated rings. The van der Waals surface area contributed by atoms with Crippen molar-refractivity contribution in [3.8, 4) is 0 Å². The van der Waals surface area contributed by atoms with Crippen LogP contribution in [-0.4, -0.2) is 62.2 Å². The van der Waals surface area contributed by atoms with E-state index in [9.17, 15) is 0 Å². The van der Waals surface area contributed by atoms with Crippen molar-refractivity contribution >= 4 is 0 Å². The lowest BCUT2D eigenvalue weighted by molar-refractivity contribution is 0.0696. The third-order valence-electron chi connectivity index (χ3n) is 5.53. The first-order valence-corrected chi connectivity index (χ1v) is 9.20. The molecule has 1 aliphatic heterocycles. The van der Waals surface area contributed by atoms with Crippen LogP contribution >= 0.6 is 0 Å². The van der Waals surface area contributed by atoms with Crippen LogP contribution in [0.5, 0.6) is 0 Å². The van der Waals surface area contributed by atoms with E-state index in [0.717, 1.165) is 23.9 Å². The maximum absolute atomic E-state index is 3.90. The summed E-state index contributed by atoms with van der Waals surface area (Å²) in [7, 11) is 4.37. The smallest absolute Gasteiger partial charge is 0.0244 e. The Hall–Kier alpha value is -0.120. The first-order valence-electron chi connectivity index (χ1n) is 9.20. The van der Waals surface area contributed by atoms with Crippen molar-refractivity contribution in [3.05, 3.63) is 0 Å². The molecule has 0 bridgehead atoms. The third-order valence-corrected chi connectivity index (χ3v) is 5.53. The van der Waals surface area contributed by atoms with Crippen LogP contribution in [0.25, 0.3) is 0 Å². The Morgan fingerprint density at radius 2 is 1.86 bits per heavy atom. The van der Waals surface area contributed by atoms with Gasteiger partial charge in [0, 0.05) is 25.2 Å². The Kier molecular flexibility index (Phi) is 6.97. The number of nitrogens with one attached hydrogen (secondary N) is 1. The summed E-state index contributed by atoms with van der Waals surface area (Å²) in [6.07, 6.45) is 8.58. The van der Waals surface area contributed by atoms with Gasteiger partial charge in [-0.05, 0) is 58.3 Å². The second-order valence-corrected chi connectivity index (χ2v) is 7.88. The summed E-state index contributed by atoms with van der Waals surface area (Å²) in [5, 5.41) is 3.90. The molecule has 3 nitrogen and oxygen atoms in total. The van der Waals surface area contributed by atoms with Gasteiger partial charge >= 0.3 is 0 Å². The van der Waals surface area contributed by atoms with Gasteiger partial charge in [-0.1, -0.05) is 33.1 Å². The van der Waals surface area contributed by atoms with Gasteiger partial charge in [-0.3, -0.25) is 4.90 Å². The van der Waals surface area contributed by atoms with E-state index in [1.54, 1.807) is 0 Å². The van der Waals surface area contributed by atoms with Gasteiger partial charge in [0.1, 0.15) is 0 Å². The van der Waals surface area contributed by atoms with Crippen LogP contribution in [0.1, 0.15) is 52.4 Å². The molecule has 124 valence electrons. The van der Waals surface area contributed by atoms with E-state index >= 15 is 0 Å². The van der Waals surface area contributed by atoms with Crippen LogP contribution in [0.3, 0.4) is 0 Å². The number of hydrogen-bond acceptors (Lipinski definition) is 3. The Bertz CT molecular complexity index is 284. The fraction of sp³-hybridized carbons (Fsp3) is 1.00. The van der Waals surface area contributed by atoms with Gasteiger partial charge < -0.3 is 10.2 Å². The summed E-state index contributed by atoms with van der Waals surface area (Å²) in [6.45, 7) is 9.72. The van der Waals surface area contributed by atoms with Crippen molar-refractivity contribution < 1.29 is 0 Å². The van der Waals surface area contributed by atoms with Crippen molar-refractivity contribution in [2.24, 2.45) is 11.8 Å². The molecule has 0 aromatic carbocycles. The standard InChI is InChI=1S/C18H37N3/c1-15(2)18-13-19-17(16-9-6-5-7-10-16)14-21(18)12-8-11-20(3)4/h15-19H,5-14H2,1-4H3. The normalized spacial score (nSPS) is 29.4. The molecule has 0 aromatic heterocycles. The zero-order chi connectivity index (χ0) is 15.2. The van der Waals surface area contributed by atoms with Crippen molar-refractivity contribution in [1.29, 1.82) is 0 Å². The Labute approximate surface area is 132 Å². The third kappa shape index (κ3) is 5.22. The lowest BCUT2D eigenvalue weighted by Crippen LogP contribution is -2.60. The monoisotopic (exact) mass is 295 g/mol. The minimum Gasteiger partial charge on any atom is -0.311 e. The van der Waals surface area contributed by atoms with Crippen molar-refractivity contribution in [2.45, 2.75) is 64.5 Å². The highest BCUT2D eigenvalue weighted by atomic mass is 15.2. The van der Waals surface area contributed by atoms with Crippen LogP contribution in [0.2, 0.25) is 0 Å². The topological polar surface area (TPSA) is 18.5 Å². The molecular weight excluding hydrogens is 258 g/mol. The summed E-state index contributed by atoms with van der Waals surface area (Å²) < 4.78 is 0. The van der Waals surface area contributed by atoms with Gasteiger partial charge in [0.15, 0.2) is 0 Å². The molecule has 2 atom stereocenters. The molecule has 1 saturated carbocycles. The molecule has 0 aromatic rings. The van der Waals surface area contributed by atoms with Gasteiger partial charge in [0.05, 0.1) is 0 Å². The number of rotatable bonds is 6. The second kappa shape index (κ2) is 8.50. The van der Waals surface area contributed by atoms with Crippen LogP contribution < -0.4 is 5.32 Å². The molecule has 0 amide bonds. The average molecular weight is 296 g/mol. The van der Waals surface area contributed by atoms with E-state index in [2.05, 4.69) is 43.1 Å². The zero-order valence-electron chi connectivity index (χ0n) is 14.8. The molecule has 2 aliphatic rings. The van der Waals surface area contributed by atoms with Gasteiger partial charge in [0.25, 0.3) is 0 Å². The van der Waals surface area contributed by atoms with E-state index in [0.29, 0.717) is 0 Å². The number of piperazine rings is 1. The molecule has 1 saturated heterocycles. The second-order valence-electron chi connectivity index (χ2n) is 7.88. The van der Waals surface area contributed by atoms with Crippen molar-refractivity contribution in [1.82, 2.24) is 15.1 Å². The quantitative estimate of drug-likeness (QED) is 0.813. The minimum atomic E-state index is 0.729. The van der Waals surface area contributed by atoms with Crippen LogP contribution in [0, 0.1) is 11.8 Å². The van der Waals surface area contributed by atoms with Crippen molar-refractivity contribution in [2.75, 3.05) is 40.3 Å². The molecule has 0 radical (unpaired) electrons. The predicted molar refractivity (Wildman–Crippen MR) is 91.7 cm³/mol. The van der Waals surface area contributed by atoms with E-state index in [1.807, 2.05) is 0 Å². The highest BCUT2D eigenvalue weighted by molar-refractivity contribution is 4.91. The minimum absolute atomic E-state index is 0.729. The van der Waals surface area contributed by atoms with Gasteiger partial charge in [-0.25, -0.2) is 0 Å². The first-order chi connectivity index (χ1) is 10.1. The molecule has 3 heteroatoms. The van der Waals surface area contributed by atoms with Crippen LogP contribution in [-0.2, 0) is 0 Å². The maximum Gasteiger partial charge on any atom is 0.0244 e. The highest BCUT2D eigenvalue weighted by Gasteiger charge is 2.33. The van der Waals surface area contributed by atoms with Crippen molar-refractivity contribution in [3.63, 3.8) is 0 Å². The molecule has 21 heavy (non-hydrogen) atoms. The van der Waals surface area contributed by atoms with Crippen LogP contribution in [0.15, 0.2) is 0 Å². The molecule has 1 N–H and O–H groups in total. The summed E-state index contributed by atoms with van der Waals surface area (Å²) >= 11 is 0. The van der Waals surface area contributed by atoms with E-state index in [1.165, 1.54) is 64.7 Å². The number of nitrogens with zero attached hydrogens (tertiary/aromatic N) is 2. The largest absolute Gasteiger partial charge is 0.311 e. The fourth-order valence-electron chi connectivity index (χ4n) is 4.21. The Balaban J connectivity index is 1.87. The summed E-state index contributed by atoms with van der Waals surface area (Å²) in [6, 6.07) is 1.48. The summed E-state index contributed by atoms with van der Waals surface area (Å²) in [5.41, 5.74) is 0. The summed E-state index contributed by atoms with van der Waals surface area (Å²) in [5.74, 6) is 1.69.